The predicted molar refractivity (Wildman–Crippen MR) is 295 cm³/mol. The molecule has 0 atom stereocenters. The Morgan fingerprint density at radius 1 is 0.329 bits per heavy atom. The maximum absolute atomic E-state index is 12.3. The van der Waals surface area contributed by atoms with Crippen LogP contribution < -0.4 is 40.2 Å². The van der Waals surface area contributed by atoms with Crippen molar-refractivity contribution in [3.63, 3.8) is 0 Å². The number of para-hydroxylation sites is 2. The normalized spacial score (nSPS) is 10.4. The minimum absolute atomic E-state index is 0.154. The van der Waals surface area contributed by atoms with E-state index in [2.05, 4.69) is 21.3 Å². The second kappa shape index (κ2) is 24.6. The number of carbonyl (C=O) groups excluding carboxylic acids is 2. The summed E-state index contributed by atoms with van der Waals surface area (Å²) in [5.74, 6) is -0.650. The summed E-state index contributed by atoms with van der Waals surface area (Å²) in [7, 11) is 8.98. The lowest BCUT2D eigenvalue weighted by Gasteiger charge is -2.17. The lowest BCUT2D eigenvalue weighted by Crippen LogP contribution is -2.06. The summed E-state index contributed by atoms with van der Waals surface area (Å²) in [4.78, 5) is 47.7. The first-order chi connectivity index (χ1) is 36.7. The molecule has 0 fully saturated rings. The predicted octanol–water partition coefficient (Wildman–Crippen LogP) is 13.3. The summed E-state index contributed by atoms with van der Waals surface area (Å²) in [5.41, 5.74) is 11.2. The van der Waals surface area contributed by atoms with Crippen LogP contribution in [0, 0.1) is 13.8 Å². The van der Waals surface area contributed by atoms with Gasteiger partial charge in [-0.15, -0.1) is 0 Å². The topological polar surface area (TPSA) is 212 Å². The molecule has 0 aromatic heterocycles. The fourth-order valence-electron chi connectivity index (χ4n) is 8.13. The molecule has 8 aromatic rings. The number of methoxy groups -OCH3 is 6. The number of rotatable bonds is 18. The summed E-state index contributed by atoms with van der Waals surface area (Å²) in [6, 6.07) is 47.1. The number of aromatic carboxylic acids is 2. The van der Waals surface area contributed by atoms with Gasteiger partial charge in [-0.2, -0.15) is 0 Å². The Morgan fingerprint density at radius 2 is 0.618 bits per heavy atom. The number of aryl methyl sites for hydroxylation is 2. The monoisotopic (exact) mass is 1020 g/mol. The van der Waals surface area contributed by atoms with E-state index < -0.39 is 23.9 Å². The van der Waals surface area contributed by atoms with E-state index >= 15 is 0 Å². The summed E-state index contributed by atoms with van der Waals surface area (Å²) < 4.78 is 32.3. The van der Waals surface area contributed by atoms with Crippen LogP contribution in [0.25, 0.3) is 22.3 Å². The highest BCUT2D eigenvalue weighted by molar-refractivity contribution is 5.99. The second-order valence-corrected chi connectivity index (χ2v) is 16.9. The van der Waals surface area contributed by atoms with Gasteiger partial charge in [0.25, 0.3) is 0 Å². The van der Waals surface area contributed by atoms with Crippen LogP contribution in [-0.2, 0) is 9.47 Å². The molecule has 0 aliphatic carbocycles. The van der Waals surface area contributed by atoms with Crippen LogP contribution in [0.3, 0.4) is 0 Å². The summed E-state index contributed by atoms with van der Waals surface area (Å²) in [5, 5.41) is 31.9. The maximum Gasteiger partial charge on any atom is 0.339 e. The standard InChI is InChI=1S/C31H30N2O6.C29H26N2O6/c1-19-10-13-25(23(16-19)31(35)39-5)33-27-15-12-21(18-29(27)37-3)20-11-14-26(28(17-20)36-2)32-24-9-7-6-8-22(24)30(34)38-4;1-17-8-11-23(21(14-17)29(34)35)31-25-13-10-19(16-27(25)37-3)18-9-12-24(26(15-18)36-2)30-22-7-5-4-6-20(22)28(32)33/h6-18,32-33H,1-5H3;4-16,30-31H,1-3H3,(H,32,33)(H,34,35). The van der Waals surface area contributed by atoms with Crippen LogP contribution in [0.4, 0.5) is 45.5 Å². The van der Waals surface area contributed by atoms with Gasteiger partial charge in [-0.3, -0.25) is 0 Å². The Bertz CT molecular complexity index is 3450. The molecule has 0 bridgehead atoms. The molecule has 0 aliphatic rings. The first-order valence-electron chi connectivity index (χ1n) is 23.5. The van der Waals surface area contributed by atoms with Gasteiger partial charge in [0.1, 0.15) is 23.0 Å². The van der Waals surface area contributed by atoms with Crippen LogP contribution in [0.5, 0.6) is 23.0 Å². The number of hydrogen-bond acceptors (Lipinski definition) is 14. The molecule has 6 N–H and O–H groups in total. The molecule has 8 aromatic carbocycles. The van der Waals surface area contributed by atoms with E-state index in [0.717, 1.165) is 33.4 Å². The SMILES string of the molecule is COC(=O)c1ccccc1Nc1ccc(-c2ccc(Nc3ccc(C)cc3C(=O)OC)c(OC)c2)cc1OC.COc1cc(-c2ccc(Nc3ccc(C)cc3C(=O)O)c(OC)c2)ccc1Nc1ccccc1C(=O)O. The quantitative estimate of drug-likeness (QED) is 0.0441. The van der Waals surface area contributed by atoms with Crippen LogP contribution >= 0.6 is 0 Å². The van der Waals surface area contributed by atoms with E-state index in [4.69, 9.17) is 28.4 Å². The third-order valence-electron chi connectivity index (χ3n) is 12.0. The van der Waals surface area contributed by atoms with E-state index in [1.807, 2.05) is 111 Å². The van der Waals surface area contributed by atoms with Gasteiger partial charge in [0.15, 0.2) is 0 Å². The fourth-order valence-corrected chi connectivity index (χ4v) is 8.13. The molecule has 0 aliphatic heterocycles. The van der Waals surface area contributed by atoms with Gasteiger partial charge in [-0.05, 0) is 133 Å². The molecular weight excluding hydrogens is 969 g/mol. The van der Waals surface area contributed by atoms with Crippen molar-refractivity contribution < 1.29 is 57.8 Å². The largest absolute Gasteiger partial charge is 0.495 e. The number of carboxylic acids is 2. The number of ether oxygens (including phenoxy) is 6. The van der Waals surface area contributed by atoms with Crippen LogP contribution in [0.2, 0.25) is 0 Å². The molecule has 0 spiro atoms. The highest BCUT2D eigenvalue weighted by atomic mass is 16.5. The van der Waals surface area contributed by atoms with Gasteiger partial charge in [0.05, 0.1) is 110 Å². The number of carbonyl (C=O) groups is 4. The zero-order chi connectivity index (χ0) is 54.5. The minimum atomic E-state index is -1.03. The lowest BCUT2D eigenvalue weighted by atomic mass is 10.0. The van der Waals surface area contributed by atoms with Crippen molar-refractivity contribution >= 4 is 69.4 Å². The molecule has 0 unspecified atom stereocenters. The Labute approximate surface area is 439 Å². The van der Waals surface area contributed by atoms with E-state index in [-0.39, 0.29) is 11.1 Å². The van der Waals surface area contributed by atoms with Gasteiger partial charge >= 0.3 is 23.9 Å². The molecule has 0 amide bonds. The van der Waals surface area contributed by atoms with E-state index in [9.17, 15) is 29.4 Å². The van der Waals surface area contributed by atoms with Gasteiger partial charge in [-0.1, -0.05) is 71.8 Å². The number of nitrogens with one attached hydrogen (secondary N) is 4. The Morgan fingerprint density at radius 3 is 0.974 bits per heavy atom. The van der Waals surface area contributed by atoms with Gasteiger partial charge < -0.3 is 59.9 Å². The smallest absolute Gasteiger partial charge is 0.339 e. The zero-order valence-corrected chi connectivity index (χ0v) is 43.0. The first kappa shape index (κ1) is 53.8. The maximum atomic E-state index is 12.3. The number of carboxylic acid groups (broad SMARTS) is 2. The van der Waals surface area contributed by atoms with Crippen LogP contribution in [-0.4, -0.2) is 76.7 Å². The molecule has 388 valence electrons. The fraction of sp³-hybridized carbons (Fsp3) is 0.133. The van der Waals surface area contributed by atoms with Crippen LogP contribution in [0.15, 0.2) is 158 Å². The lowest BCUT2D eigenvalue weighted by molar-refractivity contribution is 0.0593. The number of benzene rings is 8. The minimum Gasteiger partial charge on any atom is -0.495 e. The number of esters is 2. The average Bonchev–Trinajstić information content (AvgIpc) is 3.45. The molecule has 0 saturated heterocycles. The van der Waals surface area contributed by atoms with Gasteiger partial charge in [0.2, 0.25) is 0 Å². The highest BCUT2D eigenvalue weighted by Crippen LogP contribution is 2.40. The average molecular weight is 1030 g/mol. The van der Waals surface area contributed by atoms with Crippen molar-refractivity contribution in [2.24, 2.45) is 0 Å². The Kier molecular flexibility index (Phi) is 17.5. The molecular formula is C60H56N4O12. The van der Waals surface area contributed by atoms with Crippen LogP contribution in [0.1, 0.15) is 52.6 Å². The zero-order valence-electron chi connectivity index (χ0n) is 43.0. The third kappa shape index (κ3) is 12.6. The second-order valence-electron chi connectivity index (χ2n) is 16.9. The molecule has 0 radical (unpaired) electrons. The third-order valence-corrected chi connectivity index (χ3v) is 12.0. The van der Waals surface area contributed by atoms with E-state index in [1.165, 1.54) is 20.3 Å². The van der Waals surface area contributed by atoms with Gasteiger partial charge in [0, 0.05) is 0 Å². The Balaban J connectivity index is 0.000000221. The molecule has 0 saturated carbocycles. The van der Waals surface area contributed by atoms with E-state index in [0.29, 0.717) is 79.6 Å². The highest BCUT2D eigenvalue weighted by Gasteiger charge is 2.19. The molecule has 16 nitrogen and oxygen atoms in total. The summed E-state index contributed by atoms with van der Waals surface area (Å²) >= 11 is 0. The van der Waals surface area contributed by atoms with Gasteiger partial charge in [-0.25, -0.2) is 19.2 Å². The number of anilines is 8. The number of hydrogen-bond donors (Lipinski definition) is 6. The molecule has 16 heteroatoms. The molecule has 8 rings (SSSR count). The summed E-state index contributed by atoms with van der Waals surface area (Å²) in [6.45, 7) is 3.75. The molecule has 0 heterocycles. The first-order valence-corrected chi connectivity index (χ1v) is 23.5. The van der Waals surface area contributed by atoms with Crippen molar-refractivity contribution in [1.82, 2.24) is 0 Å². The Hall–Kier alpha value is -9.96. The van der Waals surface area contributed by atoms with Crippen molar-refractivity contribution in [3.8, 4) is 45.3 Å². The van der Waals surface area contributed by atoms with Crippen molar-refractivity contribution in [1.29, 1.82) is 0 Å². The van der Waals surface area contributed by atoms with E-state index in [1.54, 1.807) is 83.0 Å². The van der Waals surface area contributed by atoms with Crippen molar-refractivity contribution in [2.45, 2.75) is 13.8 Å². The van der Waals surface area contributed by atoms with Crippen molar-refractivity contribution in [3.05, 3.63) is 191 Å². The molecule has 76 heavy (non-hydrogen) atoms. The van der Waals surface area contributed by atoms with Crippen molar-refractivity contribution in [2.75, 3.05) is 63.9 Å². The summed E-state index contributed by atoms with van der Waals surface area (Å²) in [6.07, 6.45) is 0.